The number of halogens is 1. The van der Waals surface area contributed by atoms with E-state index in [4.69, 9.17) is 0 Å². The van der Waals surface area contributed by atoms with Gasteiger partial charge in [0, 0.05) is 30.0 Å². The Morgan fingerprint density at radius 1 is 1.06 bits per heavy atom. The van der Waals surface area contributed by atoms with Gasteiger partial charge in [-0.2, -0.15) is 0 Å². The Labute approximate surface area is 181 Å². The Hall–Kier alpha value is -3.52. The van der Waals surface area contributed by atoms with Crippen LogP contribution >= 0.6 is 11.3 Å². The molecule has 2 aliphatic heterocycles. The number of hydrogen-bond donors (Lipinski definition) is 2. The Kier molecular flexibility index (Phi) is 4.59. The minimum Gasteiger partial charge on any atom is -0.334 e. The second-order valence-corrected chi connectivity index (χ2v) is 8.59. The van der Waals surface area contributed by atoms with Crippen molar-refractivity contribution in [3.05, 3.63) is 82.5 Å². The number of carbonyl (C=O) groups excluding carboxylic acids is 3. The third kappa shape index (κ3) is 3.29. The summed E-state index contributed by atoms with van der Waals surface area (Å²) in [6, 6.07) is 15.1. The predicted molar refractivity (Wildman–Crippen MR) is 114 cm³/mol. The average molecular weight is 435 g/mol. The lowest BCUT2D eigenvalue weighted by atomic mass is 9.86. The topological polar surface area (TPSA) is 78.5 Å². The summed E-state index contributed by atoms with van der Waals surface area (Å²) in [5.74, 6) is -1.18. The van der Waals surface area contributed by atoms with Crippen LogP contribution in [-0.2, 0) is 16.9 Å². The molecule has 0 saturated carbocycles. The fraction of sp³-hybridized carbons (Fsp3) is 0.174. The van der Waals surface area contributed by atoms with Gasteiger partial charge in [0.1, 0.15) is 11.4 Å². The Bertz CT molecular complexity index is 1190. The molecule has 6 nitrogen and oxygen atoms in total. The molecule has 4 amide bonds. The van der Waals surface area contributed by atoms with Crippen LogP contribution in [0.5, 0.6) is 0 Å². The van der Waals surface area contributed by atoms with Gasteiger partial charge in [0.25, 0.3) is 11.8 Å². The second-order valence-electron chi connectivity index (χ2n) is 7.65. The third-order valence-corrected chi connectivity index (χ3v) is 6.75. The number of amides is 4. The molecule has 1 atom stereocenters. The van der Waals surface area contributed by atoms with Crippen molar-refractivity contribution in [1.82, 2.24) is 15.5 Å². The number of fused-ring (bicyclic) bond motifs is 1. The highest BCUT2D eigenvalue weighted by atomic mass is 32.1. The molecule has 8 heteroatoms. The first-order valence-corrected chi connectivity index (χ1v) is 10.7. The van der Waals surface area contributed by atoms with E-state index in [9.17, 15) is 18.8 Å². The van der Waals surface area contributed by atoms with E-state index in [-0.39, 0.29) is 18.9 Å². The number of imide groups is 1. The van der Waals surface area contributed by atoms with Gasteiger partial charge in [0.05, 0.1) is 0 Å². The van der Waals surface area contributed by atoms with Crippen molar-refractivity contribution in [2.75, 3.05) is 6.54 Å². The van der Waals surface area contributed by atoms with Crippen LogP contribution in [0.3, 0.4) is 0 Å². The number of thiophene rings is 1. The van der Waals surface area contributed by atoms with Gasteiger partial charge in [-0.25, -0.2) is 9.18 Å². The fourth-order valence-electron chi connectivity index (χ4n) is 4.19. The lowest BCUT2D eigenvalue weighted by molar-refractivity contribution is -0.124. The molecule has 31 heavy (non-hydrogen) atoms. The SMILES string of the molecule is O=C1NC(=O)C(CCN2Cc3ccc(F)cc3C2=O)(c2ccc(-c3cccs3)cc2)N1. The van der Waals surface area contributed by atoms with E-state index in [1.807, 2.05) is 41.8 Å². The summed E-state index contributed by atoms with van der Waals surface area (Å²) in [5.41, 5.74) is 1.48. The van der Waals surface area contributed by atoms with Gasteiger partial charge >= 0.3 is 6.03 Å². The number of hydrogen-bond acceptors (Lipinski definition) is 4. The van der Waals surface area contributed by atoms with Crippen molar-refractivity contribution in [3.63, 3.8) is 0 Å². The number of rotatable bonds is 5. The monoisotopic (exact) mass is 435 g/mol. The highest BCUT2D eigenvalue weighted by molar-refractivity contribution is 7.13. The summed E-state index contributed by atoms with van der Waals surface area (Å²) >= 11 is 1.62. The van der Waals surface area contributed by atoms with Gasteiger partial charge in [0.2, 0.25) is 0 Å². The van der Waals surface area contributed by atoms with E-state index < -0.39 is 23.3 Å². The summed E-state index contributed by atoms with van der Waals surface area (Å²) in [7, 11) is 0. The predicted octanol–water partition coefficient (Wildman–Crippen LogP) is 3.64. The third-order valence-electron chi connectivity index (χ3n) is 5.83. The molecule has 3 heterocycles. The summed E-state index contributed by atoms with van der Waals surface area (Å²) in [6.07, 6.45) is 0.200. The molecular formula is C23H18FN3O3S. The summed E-state index contributed by atoms with van der Waals surface area (Å²) in [5, 5.41) is 7.07. The normalized spacial score (nSPS) is 20.0. The zero-order chi connectivity index (χ0) is 21.6. The van der Waals surface area contributed by atoms with E-state index in [1.54, 1.807) is 22.3 Å². The van der Waals surface area contributed by atoms with Crippen molar-refractivity contribution in [1.29, 1.82) is 0 Å². The van der Waals surface area contributed by atoms with E-state index in [0.717, 1.165) is 16.0 Å². The van der Waals surface area contributed by atoms with E-state index >= 15 is 0 Å². The van der Waals surface area contributed by atoms with Crippen molar-refractivity contribution >= 4 is 29.2 Å². The summed E-state index contributed by atoms with van der Waals surface area (Å²) < 4.78 is 13.5. The molecule has 2 aromatic carbocycles. The van der Waals surface area contributed by atoms with E-state index in [0.29, 0.717) is 17.7 Å². The van der Waals surface area contributed by atoms with E-state index in [1.165, 1.54) is 12.1 Å². The Morgan fingerprint density at radius 3 is 2.55 bits per heavy atom. The maximum Gasteiger partial charge on any atom is 0.322 e. The molecule has 5 rings (SSSR count). The minimum atomic E-state index is -1.27. The van der Waals surface area contributed by atoms with Crippen LogP contribution in [0.4, 0.5) is 9.18 Å². The second kappa shape index (κ2) is 7.31. The zero-order valence-corrected chi connectivity index (χ0v) is 17.2. The van der Waals surface area contributed by atoms with Crippen LogP contribution in [-0.4, -0.2) is 29.3 Å². The highest BCUT2D eigenvalue weighted by Crippen LogP contribution is 2.33. The van der Waals surface area contributed by atoms with Gasteiger partial charge in [-0.05, 0) is 40.3 Å². The van der Waals surface area contributed by atoms with Crippen LogP contribution in [0, 0.1) is 5.82 Å². The molecule has 3 aromatic rings. The number of benzene rings is 2. The molecule has 1 unspecified atom stereocenters. The van der Waals surface area contributed by atoms with Crippen molar-refractivity contribution in [3.8, 4) is 10.4 Å². The van der Waals surface area contributed by atoms with Crippen molar-refractivity contribution < 1.29 is 18.8 Å². The molecular weight excluding hydrogens is 417 g/mol. The average Bonchev–Trinajstić information content (AvgIpc) is 3.47. The molecule has 0 radical (unpaired) electrons. The Balaban J connectivity index is 1.41. The standard InChI is InChI=1S/C23H18FN3O3S/c24-17-8-5-15-13-27(20(28)18(15)12-17)10-9-23(21(29)25-22(30)26-23)16-6-3-14(4-7-16)19-2-1-11-31-19/h1-8,11-12H,9-10,13H2,(H2,25,26,29,30). The lowest BCUT2D eigenvalue weighted by Crippen LogP contribution is -2.46. The minimum absolute atomic E-state index is 0.200. The fourth-order valence-corrected chi connectivity index (χ4v) is 4.93. The Morgan fingerprint density at radius 2 is 1.87 bits per heavy atom. The first-order chi connectivity index (χ1) is 15.0. The number of nitrogens with zero attached hydrogens (tertiary/aromatic N) is 1. The number of nitrogens with one attached hydrogen (secondary N) is 2. The summed E-state index contributed by atoms with van der Waals surface area (Å²) in [6.45, 7) is 0.576. The van der Waals surface area contributed by atoms with Crippen molar-refractivity contribution in [2.45, 2.75) is 18.5 Å². The molecule has 0 aliphatic carbocycles. The van der Waals surface area contributed by atoms with Gasteiger partial charge in [-0.3, -0.25) is 14.9 Å². The van der Waals surface area contributed by atoms with Gasteiger partial charge < -0.3 is 10.2 Å². The van der Waals surface area contributed by atoms with Crippen LogP contribution in [0.2, 0.25) is 0 Å². The largest absolute Gasteiger partial charge is 0.334 e. The van der Waals surface area contributed by atoms with E-state index in [2.05, 4.69) is 10.6 Å². The van der Waals surface area contributed by atoms with Crippen LogP contribution in [0.15, 0.2) is 60.0 Å². The van der Waals surface area contributed by atoms with Crippen molar-refractivity contribution in [2.24, 2.45) is 0 Å². The van der Waals surface area contributed by atoms with Gasteiger partial charge in [0.15, 0.2) is 0 Å². The first kappa shape index (κ1) is 19.4. The summed E-state index contributed by atoms with van der Waals surface area (Å²) in [4.78, 5) is 40.2. The highest BCUT2D eigenvalue weighted by Gasteiger charge is 2.48. The lowest BCUT2D eigenvalue weighted by Gasteiger charge is -2.29. The smallest absolute Gasteiger partial charge is 0.322 e. The molecule has 0 bridgehead atoms. The number of urea groups is 1. The zero-order valence-electron chi connectivity index (χ0n) is 16.4. The van der Waals surface area contributed by atoms with Crippen LogP contribution in [0.1, 0.15) is 27.9 Å². The number of carbonyl (C=O) groups is 3. The molecule has 1 aromatic heterocycles. The maximum atomic E-state index is 13.5. The van der Waals surface area contributed by atoms with Crippen LogP contribution in [0.25, 0.3) is 10.4 Å². The van der Waals surface area contributed by atoms with Crippen LogP contribution < -0.4 is 10.6 Å². The molecule has 2 N–H and O–H groups in total. The van der Waals surface area contributed by atoms with Gasteiger partial charge in [-0.1, -0.05) is 36.4 Å². The molecule has 156 valence electrons. The molecule has 1 fully saturated rings. The maximum absolute atomic E-state index is 13.5. The quantitative estimate of drug-likeness (QED) is 0.601. The molecule has 1 saturated heterocycles. The molecule has 0 spiro atoms. The first-order valence-electron chi connectivity index (χ1n) is 9.82. The van der Waals surface area contributed by atoms with Gasteiger partial charge in [-0.15, -0.1) is 11.3 Å². The molecule has 2 aliphatic rings.